The summed E-state index contributed by atoms with van der Waals surface area (Å²) in [6, 6.07) is 0. The van der Waals surface area contributed by atoms with Gasteiger partial charge in [0.25, 0.3) is 0 Å². The summed E-state index contributed by atoms with van der Waals surface area (Å²) in [5.41, 5.74) is 7.55. The average Bonchev–Trinajstić information content (AvgIpc) is 2.00. The number of rotatable bonds is 1. The van der Waals surface area contributed by atoms with Crippen molar-refractivity contribution in [2.75, 3.05) is 0 Å². The van der Waals surface area contributed by atoms with Gasteiger partial charge in [0.05, 0.1) is 8.07 Å². The Morgan fingerprint density at radius 3 is 1.93 bits per heavy atom. The minimum atomic E-state index is -1.03. The quantitative estimate of drug-likeness (QED) is 0.433. The zero-order valence-corrected chi connectivity index (χ0v) is 11.0. The normalized spacial score (nSPS) is 19.5. The van der Waals surface area contributed by atoms with Crippen molar-refractivity contribution in [3.05, 3.63) is 17.0 Å². The van der Waals surface area contributed by atoms with Crippen LogP contribution in [-0.4, -0.2) is 8.07 Å². The molecule has 0 aliphatic heterocycles. The van der Waals surface area contributed by atoms with Gasteiger partial charge in [-0.15, -0.1) is 5.73 Å². The molecular weight excluding hydrogens is 184 g/mol. The topological polar surface area (TPSA) is 0 Å². The summed E-state index contributed by atoms with van der Waals surface area (Å²) < 4.78 is 0. The van der Waals surface area contributed by atoms with Crippen molar-refractivity contribution in [1.29, 1.82) is 0 Å². The molecule has 0 saturated heterocycles. The standard InChI is InChI=1S/C13H24Si/c1-14(2,3)12-11-13-9-7-5-4-6-8-10-13/h12H,4-10H2,1-3H3. The molecule has 1 saturated carbocycles. The van der Waals surface area contributed by atoms with Gasteiger partial charge in [0.1, 0.15) is 0 Å². The van der Waals surface area contributed by atoms with Gasteiger partial charge in [0.2, 0.25) is 0 Å². The fraction of sp³-hybridized carbons (Fsp3) is 0.769. The van der Waals surface area contributed by atoms with Gasteiger partial charge in [-0.25, -0.2) is 0 Å². The third kappa shape index (κ3) is 5.46. The van der Waals surface area contributed by atoms with E-state index >= 15 is 0 Å². The lowest BCUT2D eigenvalue weighted by atomic mass is 9.97. The summed E-state index contributed by atoms with van der Waals surface area (Å²) in [7, 11) is -1.03. The van der Waals surface area contributed by atoms with Gasteiger partial charge in [-0.2, -0.15) is 0 Å². The van der Waals surface area contributed by atoms with Crippen molar-refractivity contribution in [1.82, 2.24) is 0 Å². The zero-order chi connectivity index (χ0) is 10.4. The minimum Gasteiger partial charge on any atom is -0.130 e. The second-order valence-electron chi connectivity index (χ2n) is 5.53. The first-order valence-corrected chi connectivity index (χ1v) is 9.61. The number of hydrogen-bond donors (Lipinski definition) is 0. The highest BCUT2D eigenvalue weighted by Crippen LogP contribution is 2.20. The summed E-state index contributed by atoms with van der Waals surface area (Å²) in [5.74, 6) is 0. The van der Waals surface area contributed by atoms with Crippen LogP contribution in [0.1, 0.15) is 44.9 Å². The van der Waals surface area contributed by atoms with Gasteiger partial charge < -0.3 is 0 Å². The molecule has 1 aliphatic rings. The molecule has 1 fully saturated rings. The smallest absolute Gasteiger partial charge is 0.0781 e. The van der Waals surface area contributed by atoms with Gasteiger partial charge >= 0.3 is 0 Å². The third-order valence-electron chi connectivity index (χ3n) is 2.67. The van der Waals surface area contributed by atoms with Gasteiger partial charge in [-0.05, 0) is 31.3 Å². The van der Waals surface area contributed by atoms with Crippen molar-refractivity contribution in [2.24, 2.45) is 0 Å². The maximum atomic E-state index is 3.58. The van der Waals surface area contributed by atoms with E-state index in [0.717, 1.165) is 0 Å². The average molecular weight is 208 g/mol. The van der Waals surface area contributed by atoms with Crippen LogP contribution in [0.4, 0.5) is 0 Å². The summed E-state index contributed by atoms with van der Waals surface area (Å²) in [4.78, 5) is 0. The lowest BCUT2D eigenvalue weighted by Crippen LogP contribution is -2.14. The first kappa shape index (κ1) is 11.8. The molecule has 0 aromatic heterocycles. The van der Waals surface area contributed by atoms with E-state index in [1.807, 2.05) is 0 Å². The molecule has 0 unspecified atom stereocenters. The third-order valence-corrected chi connectivity index (χ3v) is 3.68. The molecule has 1 rings (SSSR count). The lowest BCUT2D eigenvalue weighted by molar-refractivity contribution is 0.569. The highest BCUT2D eigenvalue weighted by Gasteiger charge is 2.07. The van der Waals surface area contributed by atoms with Crippen LogP contribution in [0.2, 0.25) is 19.6 Å². The van der Waals surface area contributed by atoms with E-state index in [0.29, 0.717) is 0 Å². The van der Waals surface area contributed by atoms with Gasteiger partial charge in [-0.1, -0.05) is 44.6 Å². The summed E-state index contributed by atoms with van der Waals surface area (Å²) in [5, 5.41) is 0. The van der Waals surface area contributed by atoms with E-state index in [2.05, 4.69) is 31.1 Å². The van der Waals surface area contributed by atoms with E-state index < -0.39 is 8.07 Å². The van der Waals surface area contributed by atoms with Crippen molar-refractivity contribution >= 4 is 8.07 Å². The SMILES string of the molecule is C[Si](C)(C)C=C=C1CCCCCCC1. The molecule has 0 N–H and O–H groups in total. The fourth-order valence-electron chi connectivity index (χ4n) is 1.80. The first-order chi connectivity index (χ1) is 6.58. The molecule has 0 aromatic carbocycles. The van der Waals surface area contributed by atoms with E-state index in [4.69, 9.17) is 0 Å². The molecule has 80 valence electrons. The molecule has 0 bridgehead atoms. The second-order valence-corrected chi connectivity index (χ2v) is 10.5. The molecule has 0 heterocycles. The highest BCUT2D eigenvalue weighted by molar-refractivity contribution is 6.80. The van der Waals surface area contributed by atoms with Crippen LogP contribution >= 0.6 is 0 Å². The minimum absolute atomic E-state index is 1.03. The van der Waals surface area contributed by atoms with Crippen LogP contribution in [0.3, 0.4) is 0 Å². The summed E-state index contributed by atoms with van der Waals surface area (Å²) in [6.07, 6.45) is 9.70. The molecule has 14 heavy (non-hydrogen) atoms. The van der Waals surface area contributed by atoms with Crippen LogP contribution in [0, 0.1) is 0 Å². The van der Waals surface area contributed by atoms with E-state index in [1.54, 1.807) is 5.57 Å². The maximum absolute atomic E-state index is 3.58. The molecule has 0 spiro atoms. The van der Waals surface area contributed by atoms with Gasteiger partial charge in [0, 0.05) is 0 Å². The maximum Gasteiger partial charge on any atom is 0.0781 e. The Balaban J connectivity index is 2.59. The molecule has 0 amide bonds. The number of hydrogen-bond acceptors (Lipinski definition) is 0. The Morgan fingerprint density at radius 1 is 0.929 bits per heavy atom. The molecule has 0 atom stereocenters. The van der Waals surface area contributed by atoms with Crippen molar-refractivity contribution in [3.8, 4) is 0 Å². The van der Waals surface area contributed by atoms with Crippen molar-refractivity contribution in [2.45, 2.75) is 64.6 Å². The van der Waals surface area contributed by atoms with E-state index in [-0.39, 0.29) is 0 Å². The van der Waals surface area contributed by atoms with Crippen LogP contribution < -0.4 is 0 Å². The summed E-state index contributed by atoms with van der Waals surface area (Å²) in [6.45, 7) is 7.14. The molecule has 0 radical (unpaired) electrons. The first-order valence-electron chi connectivity index (χ1n) is 6.03. The Morgan fingerprint density at radius 2 is 1.43 bits per heavy atom. The lowest BCUT2D eigenvalue weighted by Gasteiger charge is -2.11. The largest absolute Gasteiger partial charge is 0.130 e. The molecule has 1 aliphatic carbocycles. The van der Waals surface area contributed by atoms with Gasteiger partial charge in [-0.3, -0.25) is 0 Å². The monoisotopic (exact) mass is 208 g/mol. The van der Waals surface area contributed by atoms with Crippen LogP contribution in [0.15, 0.2) is 17.0 Å². The highest BCUT2D eigenvalue weighted by atomic mass is 28.3. The zero-order valence-electron chi connectivity index (χ0n) is 10.0. The predicted molar refractivity (Wildman–Crippen MR) is 67.3 cm³/mol. The Hall–Kier alpha value is -0.263. The van der Waals surface area contributed by atoms with Crippen molar-refractivity contribution < 1.29 is 0 Å². The van der Waals surface area contributed by atoms with E-state index in [1.165, 1.54) is 44.9 Å². The van der Waals surface area contributed by atoms with Crippen LogP contribution in [-0.2, 0) is 0 Å². The molecule has 0 aromatic rings. The second kappa shape index (κ2) is 5.58. The van der Waals surface area contributed by atoms with E-state index in [9.17, 15) is 0 Å². The van der Waals surface area contributed by atoms with Crippen LogP contribution in [0.5, 0.6) is 0 Å². The molecular formula is C13H24Si. The van der Waals surface area contributed by atoms with Crippen molar-refractivity contribution in [3.63, 3.8) is 0 Å². The Labute approximate surface area is 90.1 Å². The Kier molecular flexibility index (Phi) is 4.70. The molecule has 0 nitrogen and oxygen atoms in total. The van der Waals surface area contributed by atoms with Crippen LogP contribution in [0.25, 0.3) is 0 Å². The number of allylic oxidation sites excluding steroid dienone is 1. The molecule has 1 heteroatoms. The predicted octanol–water partition coefficient (Wildman–Crippen LogP) is 4.69. The summed E-state index contributed by atoms with van der Waals surface area (Å²) >= 11 is 0. The fourth-order valence-corrected chi connectivity index (χ4v) is 2.43. The van der Waals surface area contributed by atoms with Gasteiger partial charge in [0.15, 0.2) is 0 Å². The Bertz CT molecular complexity index is 216.